The summed E-state index contributed by atoms with van der Waals surface area (Å²) in [5, 5.41) is 0. The SMILES string of the molecule is COC(=O)C1(CC2CC2)CCOCC1F. The van der Waals surface area contributed by atoms with Gasteiger partial charge < -0.3 is 9.47 Å². The highest BCUT2D eigenvalue weighted by molar-refractivity contribution is 5.77. The number of hydrogen-bond donors (Lipinski definition) is 0. The molecule has 2 fully saturated rings. The minimum atomic E-state index is -1.21. The van der Waals surface area contributed by atoms with Crippen LogP contribution < -0.4 is 0 Å². The van der Waals surface area contributed by atoms with E-state index in [4.69, 9.17) is 9.47 Å². The maximum Gasteiger partial charge on any atom is 0.314 e. The molecule has 0 amide bonds. The Morgan fingerprint density at radius 3 is 2.87 bits per heavy atom. The number of methoxy groups -OCH3 is 1. The van der Waals surface area contributed by atoms with E-state index in [1.54, 1.807) is 0 Å². The van der Waals surface area contributed by atoms with Crippen LogP contribution in [0.15, 0.2) is 0 Å². The molecule has 0 radical (unpaired) electrons. The van der Waals surface area contributed by atoms with E-state index in [1.807, 2.05) is 0 Å². The molecule has 1 aliphatic carbocycles. The Morgan fingerprint density at radius 2 is 2.33 bits per heavy atom. The van der Waals surface area contributed by atoms with E-state index >= 15 is 0 Å². The van der Waals surface area contributed by atoms with Crippen LogP contribution in [-0.4, -0.2) is 32.5 Å². The molecule has 2 aliphatic rings. The molecule has 4 heteroatoms. The van der Waals surface area contributed by atoms with E-state index in [0.717, 1.165) is 12.8 Å². The normalized spacial score (nSPS) is 36.3. The van der Waals surface area contributed by atoms with Gasteiger partial charge in [-0.25, -0.2) is 4.39 Å². The number of halogens is 1. The van der Waals surface area contributed by atoms with Gasteiger partial charge in [0.2, 0.25) is 0 Å². The summed E-state index contributed by atoms with van der Waals surface area (Å²) in [6.07, 6.45) is 2.11. The number of alkyl halides is 1. The molecule has 1 saturated carbocycles. The predicted octanol–water partition coefficient (Wildman–Crippen LogP) is 1.70. The van der Waals surface area contributed by atoms with Crippen molar-refractivity contribution in [3.63, 3.8) is 0 Å². The van der Waals surface area contributed by atoms with Crippen LogP contribution in [-0.2, 0) is 14.3 Å². The van der Waals surface area contributed by atoms with Gasteiger partial charge in [-0.15, -0.1) is 0 Å². The molecule has 0 spiro atoms. The third-order valence-electron chi connectivity index (χ3n) is 3.50. The van der Waals surface area contributed by atoms with Gasteiger partial charge in [0.05, 0.1) is 13.7 Å². The van der Waals surface area contributed by atoms with Gasteiger partial charge in [-0.1, -0.05) is 12.8 Å². The van der Waals surface area contributed by atoms with Gasteiger partial charge in [0, 0.05) is 6.61 Å². The number of esters is 1. The molecule has 0 aromatic carbocycles. The van der Waals surface area contributed by atoms with Crippen LogP contribution in [0.1, 0.15) is 25.7 Å². The zero-order valence-corrected chi connectivity index (χ0v) is 9.00. The van der Waals surface area contributed by atoms with E-state index in [-0.39, 0.29) is 6.61 Å². The Labute approximate surface area is 88.9 Å². The average molecular weight is 216 g/mol. The first-order chi connectivity index (χ1) is 7.19. The second-order valence-electron chi connectivity index (χ2n) is 4.59. The average Bonchev–Trinajstić information content (AvgIpc) is 3.04. The van der Waals surface area contributed by atoms with Crippen LogP contribution in [0.3, 0.4) is 0 Å². The molecule has 15 heavy (non-hydrogen) atoms. The molecule has 1 saturated heterocycles. The van der Waals surface area contributed by atoms with Crippen LogP contribution in [0.5, 0.6) is 0 Å². The Hall–Kier alpha value is -0.640. The summed E-state index contributed by atoms with van der Waals surface area (Å²) < 4.78 is 23.7. The monoisotopic (exact) mass is 216 g/mol. The summed E-state index contributed by atoms with van der Waals surface area (Å²) in [6.45, 7) is 0.490. The highest BCUT2D eigenvalue weighted by Crippen LogP contribution is 2.47. The lowest BCUT2D eigenvalue weighted by atomic mass is 9.74. The number of hydrogen-bond acceptors (Lipinski definition) is 3. The molecule has 86 valence electrons. The molecular formula is C11H17FO3. The lowest BCUT2D eigenvalue weighted by Crippen LogP contribution is -2.47. The van der Waals surface area contributed by atoms with E-state index in [2.05, 4.69) is 0 Å². The number of ether oxygens (including phenoxy) is 2. The summed E-state index contributed by atoms with van der Waals surface area (Å²) in [5.74, 6) is 0.116. The maximum atomic E-state index is 13.9. The Bertz CT molecular complexity index is 252. The fraction of sp³-hybridized carbons (Fsp3) is 0.909. The summed E-state index contributed by atoms with van der Waals surface area (Å²) in [4.78, 5) is 11.7. The Morgan fingerprint density at radius 1 is 1.60 bits per heavy atom. The fourth-order valence-electron chi connectivity index (χ4n) is 2.34. The minimum absolute atomic E-state index is 0.0296. The van der Waals surface area contributed by atoms with E-state index in [0.29, 0.717) is 25.4 Å². The van der Waals surface area contributed by atoms with Gasteiger partial charge >= 0.3 is 5.97 Å². The molecule has 0 aromatic rings. The fourth-order valence-corrected chi connectivity index (χ4v) is 2.34. The summed E-state index contributed by atoms with van der Waals surface area (Å²) in [7, 11) is 1.33. The quantitative estimate of drug-likeness (QED) is 0.674. The van der Waals surface area contributed by atoms with Crippen LogP contribution in [0.4, 0.5) is 4.39 Å². The molecule has 3 nitrogen and oxygen atoms in total. The third kappa shape index (κ3) is 2.00. The molecule has 0 N–H and O–H groups in total. The number of rotatable bonds is 3. The van der Waals surface area contributed by atoms with E-state index < -0.39 is 17.6 Å². The summed E-state index contributed by atoms with van der Waals surface area (Å²) in [5.41, 5.74) is -0.922. The number of carbonyl (C=O) groups is 1. The van der Waals surface area contributed by atoms with Gasteiger partial charge in [-0.3, -0.25) is 4.79 Å². The van der Waals surface area contributed by atoms with Crippen molar-refractivity contribution in [2.75, 3.05) is 20.3 Å². The van der Waals surface area contributed by atoms with Crippen LogP contribution in [0.2, 0.25) is 0 Å². The van der Waals surface area contributed by atoms with Gasteiger partial charge in [-0.2, -0.15) is 0 Å². The first kappa shape index (κ1) is 10.9. The van der Waals surface area contributed by atoms with E-state index in [9.17, 15) is 9.18 Å². The lowest BCUT2D eigenvalue weighted by Gasteiger charge is -2.37. The molecule has 1 heterocycles. The van der Waals surface area contributed by atoms with Crippen molar-refractivity contribution in [1.82, 2.24) is 0 Å². The van der Waals surface area contributed by atoms with Crippen molar-refractivity contribution in [2.24, 2.45) is 11.3 Å². The molecular weight excluding hydrogens is 199 g/mol. The summed E-state index contributed by atoms with van der Waals surface area (Å²) >= 11 is 0. The number of carbonyl (C=O) groups excluding carboxylic acids is 1. The van der Waals surface area contributed by atoms with Gasteiger partial charge in [0.1, 0.15) is 11.6 Å². The second-order valence-corrected chi connectivity index (χ2v) is 4.59. The zero-order chi connectivity index (χ0) is 10.9. The summed E-state index contributed by atoms with van der Waals surface area (Å²) in [6, 6.07) is 0. The topological polar surface area (TPSA) is 35.5 Å². The third-order valence-corrected chi connectivity index (χ3v) is 3.50. The standard InChI is InChI=1S/C11H17FO3/c1-14-10(13)11(6-8-2-3-8)4-5-15-7-9(11)12/h8-9H,2-7H2,1H3. The Balaban J connectivity index is 2.14. The second kappa shape index (κ2) is 4.08. The first-order valence-electron chi connectivity index (χ1n) is 5.49. The molecule has 0 aromatic heterocycles. The Kier molecular flexibility index (Phi) is 2.96. The van der Waals surface area contributed by atoms with E-state index in [1.165, 1.54) is 7.11 Å². The zero-order valence-electron chi connectivity index (χ0n) is 9.00. The minimum Gasteiger partial charge on any atom is -0.469 e. The van der Waals surface area contributed by atoms with Gasteiger partial charge in [-0.05, 0) is 18.8 Å². The highest BCUT2D eigenvalue weighted by atomic mass is 19.1. The van der Waals surface area contributed by atoms with Crippen molar-refractivity contribution in [3.8, 4) is 0 Å². The van der Waals surface area contributed by atoms with Gasteiger partial charge in [0.25, 0.3) is 0 Å². The van der Waals surface area contributed by atoms with Crippen molar-refractivity contribution < 1.29 is 18.7 Å². The highest BCUT2D eigenvalue weighted by Gasteiger charge is 2.51. The van der Waals surface area contributed by atoms with Crippen molar-refractivity contribution in [1.29, 1.82) is 0 Å². The van der Waals surface area contributed by atoms with Crippen LogP contribution in [0, 0.1) is 11.3 Å². The largest absolute Gasteiger partial charge is 0.469 e. The molecule has 2 unspecified atom stereocenters. The maximum absolute atomic E-state index is 13.9. The molecule has 2 atom stereocenters. The molecule has 2 rings (SSSR count). The smallest absolute Gasteiger partial charge is 0.314 e. The van der Waals surface area contributed by atoms with Crippen molar-refractivity contribution in [2.45, 2.75) is 31.9 Å². The first-order valence-corrected chi connectivity index (χ1v) is 5.49. The van der Waals surface area contributed by atoms with Crippen molar-refractivity contribution >= 4 is 5.97 Å². The predicted molar refractivity (Wildman–Crippen MR) is 52.1 cm³/mol. The molecule has 1 aliphatic heterocycles. The van der Waals surface area contributed by atoms with Gasteiger partial charge in [0.15, 0.2) is 0 Å². The van der Waals surface area contributed by atoms with Crippen LogP contribution in [0.25, 0.3) is 0 Å². The van der Waals surface area contributed by atoms with Crippen molar-refractivity contribution in [3.05, 3.63) is 0 Å². The lowest BCUT2D eigenvalue weighted by molar-refractivity contribution is -0.168. The van der Waals surface area contributed by atoms with Crippen LogP contribution >= 0.6 is 0 Å². The molecule has 0 bridgehead atoms.